The fourth-order valence-electron chi connectivity index (χ4n) is 3.30. The summed E-state index contributed by atoms with van der Waals surface area (Å²) in [4.78, 5) is 12.9. The van der Waals surface area contributed by atoms with Gasteiger partial charge in [-0.1, -0.05) is 25.5 Å². The van der Waals surface area contributed by atoms with Crippen LogP contribution in [0.2, 0.25) is 0 Å². The first kappa shape index (κ1) is 19.6. The van der Waals surface area contributed by atoms with Crippen molar-refractivity contribution in [3.8, 4) is 11.4 Å². The minimum Gasteiger partial charge on any atom is -0.494 e. The lowest BCUT2D eigenvalue weighted by atomic mass is 10.2. The summed E-state index contributed by atoms with van der Waals surface area (Å²) in [5, 5.41) is 7.87. The number of nitrogens with zero attached hydrogens (tertiary/aromatic N) is 2. The molecule has 1 N–H and O–H groups in total. The fraction of sp³-hybridized carbons (Fsp3) is 0.304. The normalized spacial score (nSPS) is 12.6. The number of unbranched alkanes of at least 4 members (excludes halogenated alkanes) is 1. The van der Waals surface area contributed by atoms with Gasteiger partial charge in [0, 0.05) is 22.6 Å². The summed E-state index contributed by atoms with van der Waals surface area (Å²) in [6.07, 6.45) is 2.12. The van der Waals surface area contributed by atoms with Crippen molar-refractivity contribution in [1.29, 1.82) is 0 Å². The summed E-state index contributed by atoms with van der Waals surface area (Å²) in [7, 11) is 0. The molecule has 1 amide bonds. The van der Waals surface area contributed by atoms with E-state index in [0.29, 0.717) is 12.2 Å². The Balaban J connectivity index is 1.57. The zero-order chi connectivity index (χ0) is 20.2. The topological polar surface area (TPSA) is 56.1 Å². The second-order valence-electron chi connectivity index (χ2n) is 7.20. The molecular formula is C23H25N3O2S. The first-order valence-corrected chi connectivity index (χ1v) is 11.1. The van der Waals surface area contributed by atoms with E-state index in [-0.39, 0.29) is 5.91 Å². The number of anilines is 1. The maximum atomic E-state index is 12.9. The third-order valence-corrected chi connectivity index (χ3v) is 5.88. The molecule has 29 heavy (non-hydrogen) atoms. The van der Waals surface area contributed by atoms with E-state index in [1.165, 1.54) is 0 Å². The van der Waals surface area contributed by atoms with Crippen LogP contribution >= 0.6 is 11.8 Å². The molecule has 0 radical (unpaired) electrons. The molecule has 0 saturated heterocycles. The van der Waals surface area contributed by atoms with Crippen molar-refractivity contribution < 1.29 is 9.53 Å². The summed E-state index contributed by atoms with van der Waals surface area (Å²) in [6, 6.07) is 15.5. The molecule has 0 unspecified atom stereocenters. The lowest BCUT2D eigenvalue weighted by Gasteiger charge is -2.12. The van der Waals surface area contributed by atoms with Gasteiger partial charge >= 0.3 is 0 Å². The van der Waals surface area contributed by atoms with Gasteiger partial charge in [0.25, 0.3) is 5.91 Å². The van der Waals surface area contributed by atoms with Gasteiger partial charge in [-0.2, -0.15) is 16.9 Å². The Kier molecular flexibility index (Phi) is 5.90. The summed E-state index contributed by atoms with van der Waals surface area (Å²) >= 11 is 1.82. The van der Waals surface area contributed by atoms with Gasteiger partial charge in [0.05, 0.1) is 18.0 Å². The Morgan fingerprint density at radius 2 is 2.03 bits per heavy atom. The fourth-order valence-corrected chi connectivity index (χ4v) is 4.34. The molecule has 2 aromatic carbocycles. The zero-order valence-electron chi connectivity index (χ0n) is 16.8. The molecule has 0 aliphatic carbocycles. The Morgan fingerprint density at radius 3 is 2.79 bits per heavy atom. The summed E-state index contributed by atoms with van der Waals surface area (Å²) in [6.45, 7) is 4.88. The predicted molar refractivity (Wildman–Crippen MR) is 118 cm³/mol. The largest absolute Gasteiger partial charge is 0.494 e. The van der Waals surface area contributed by atoms with Crippen molar-refractivity contribution in [3.05, 3.63) is 70.9 Å². The molecule has 0 fully saturated rings. The highest BCUT2D eigenvalue weighted by Crippen LogP contribution is 2.36. The van der Waals surface area contributed by atoms with Crippen molar-refractivity contribution in [1.82, 2.24) is 9.78 Å². The minimum absolute atomic E-state index is 0.140. The van der Waals surface area contributed by atoms with Gasteiger partial charge in [-0.15, -0.1) is 0 Å². The maximum absolute atomic E-state index is 12.9. The number of amides is 1. The number of carbonyl (C=O) groups excluding carboxylic acids is 1. The van der Waals surface area contributed by atoms with Crippen LogP contribution < -0.4 is 10.1 Å². The molecule has 3 aromatic rings. The third kappa shape index (κ3) is 4.32. The van der Waals surface area contributed by atoms with E-state index in [1.54, 1.807) is 12.1 Å². The number of carbonyl (C=O) groups is 1. The minimum atomic E-state index is -0.140. The maximum Gasteiger partial charge on any atom is 0.256 e. The predicted octanol–water partition coefficient (Wildman–Crippen LogP) is 5.36. The van der Waals surface area contributed by atoms with Crippen molar-refractivity contribution in [2.24, 2.45) is 0 Å². The molecule has 4 rings (SSSR count). The van der Waals surface area contributed by atoms with Crippen molar-refractivity contribution >= 4 is 23.5 Å². The van der Waals surface area contributed by atoms with Crippen LogP contribution in [-0.4, -0.2) is 22.3 Å². The van der Waals surface area contributed by atoms with Crippen LogP contribution in [0.1, 0.15) is 46.9 Å². The third-order valence-electron chi connectivity index (χ3n) is 4.91. The summed E-state index contributed by atoms with van der Waals surface area (Å²) < 4.78 is 7.55. The molecule has 2 heterocycles. The first-order chi connectivity index (χ1) is 14.2. The van der Waals surface area contributed by atoms with Crippen LogP contribution in [0.15, 0.2) is 48.5 Å². The van der Waals surface area contributed by atoms with Gasteiger partial charge in [0.1, 0.15) is 11.6 Å². The van der Waals surface area contributed by atoms with E-state index in [0.717, 1.165) is 58.4 Å². The Bertz CT molecular complexity index is 1010. The monoisotopic (exact) mass is 407 g/mol. The molecule has 0 atom stereocenters. The van der Waals surface area contributed by atoms with Gasteiger partial charge in [-0.05, 0) is 55.3 Å². The number of rotatable bonds is 7. The number of thioether (sulfide) groups is 1. The van der Waals surface area contributed by atoms with Crippen LogP contribution in [0.5, 0.6) is 5.75 Å². The molecule has 1 aliphatic heterocycles. The number of hydrogen-bond acceptors (Lipinski definition) is 4. The Labute approximate surface area is 175 Å². The summed E-state index contributed by atoms with van der Waals surface area (Å²) in [5.41, 5.74) is 4.88. The number of aromatic nitrogens is 2. The average Bonchev–Trinajstić information content (AvgIpc) is 3.31. The van der Waals surface area contributed by atoms with E-state index in [2.05, 4.69) is 31.3 Å². The van der Waals surface area contributed by atoms with Crippen LogP contribution in [-0.2, 0) is 11.5 Å². The standard InChI is InChI=1S/C23H25N3O2S/c1-3-4-12-28-19-10-8-17(9-11-19)23(27)24-22-20-14-29-15-21(20)25-26(22)18-7-5-6-16(2)13-18/h5-11,13H,3-4,12,14-15H2,1-2H3,(H,24,27). The number of aryl methyl sites for hydroxylation is 1. The summed E-state index contributed by atoms with van der Waals surface area (Å²) in [5.74, 6) is 3.15. The highest BCUT2D eigenvalue weighted by Gasteiger charge is 2.25. The lowest BCUT2D eigenvalue weighted by molar-refractivity contribution is 0.102. The van der Waals surface area contributed by atoms with E-state index in [4.69, 9.17) is 9.84 Å². The van der Waals surface area contributed by atoms with Gasteiger partial charge in [0.15, 0.2) is 0 Å². The second-order valence-corrected chi connectivity index (χ2v) is 8.18. The smallest absolute Gasteiger partial charge is 0.256 e. The van der Waals surface area contributed by atoms with Gasteiger partial charge in [-0.3, -0.25) is 4.79 Å². The molecular weight excluding hydrogens is 382 g/mol. The average molecular weight is 408 g/mol. The Morgan fingerprint density at radius 1 is 1.21 bits per heavy atom. The number of hydrogen-bond donors (Lipinski definition) is 1. The molecule has 0 spiro atoms. The van der Waals surface area contributed by atoms with Crippen molar-refractivity contribution in [2.45, 2.75) is 38.2 Å². The molecule has 1 aromatic heterocycles. The van der Waals surface area contributed by atoms with Crippen LogP contribution in [0, 0.1) is 6.92 Å². The first-order valence-electron chi connectivity index (χ1n) is 9.95. The van der Waals surface area contributed by atoms with E-state index < -0.39 is 0 Å². The molecule has 0 saturated carbocycles. The second kappa shape index (κ2) is 8.74. The quantitative estimate of drug-likeness (QED) is 0.536. The number of nitrogens with one attached hydrogen (secondary N) is 1. The number of fused-ring (bicyclic) bond motifs is 1. The molecule has 6 heteroatoms. The van der Waals surface area contributed by atoms with E-state index >= 15 is 0 Å². The SMILES string of the molecule is CCCCOc1ccc(C(=O)Nc2c3c(nn2-c2cccc(C)c2)CSC3)cc1. The number of ether oxygens (including phenoxy) is 1. The highest BCUT2D eigenvalue weighted by atomic mass is 32.2. The Hall–Kier alpha value is -2.73. The van der Waals surface area contributed by atoms with Crippen molar-refractivity contribution in [3.63, 3.8) is 0 Å². The van der Waals surface area contributed by atoms with Crippen LogP contribution in [0.4, 0.5) is 5.82 Å². The molecule has 150 valence electrons. The van der Waals surface area contributed by atoms with E-state index in [1.807, 2.05) is 40.7 Å². The van der Waals surface area contributed by atoms with Crippen LogP contribution in [0.3, 0.4) is 0 Å². The molecule has 1 aliphatic rings. The highest BCUT2D eigenvalue weighted by molar-refractivity contribution is 7.98. The lowest BCUT2D eigenvalue weighted by Crippen LogP contribution is -2.16. The van der Waals surface area contributed by atoms with Gasteiger partial charge in [-0.25, -0.2) is 4.68 Å². The zero-order valence-corrected chi connectivity index (χ0v) is 17.6. The van der Waals surface area contributed by atoms with E-state index in [9.17, 15) is 4.79 Å². The molecule has 0 bridgehead atoms. The van der Waals surface area contributed by atoms with Gasteiger partial charge < -0.3 is 10.1 Å². The molecule has 5 nitrogen and oxygen atoms in total. The van der Waals surface area contributed by atoms with Gasteiger partial charge in [0.2, 0.25) is 0 Å². The van der Waals surface area contributed by atoms with Crippen molar-refractivity contribution in [2.75, 3.05) is 11.9 Å². The number of benzene rings is 2. The van der Waals surface area contributed by atoms with Crippen LogP contribution in [0.25, 0.3) is 5.69 Å².